The number of carbonyl (C=O) groups excluding carboxylic acids is 1. The van der Waals surface area contributed by atoms with Crippen LogP contribution in [0.25, 0.3) is 0 Å². The van der Waals surface area contributed by atoms with Gasteiger partial charge in [-0.1, -0.05) is 0 Å². The van der Waals surface area contributed by atoms with Gasteiger partial charge in [0.25, 0.3) is 0 Å². The molecule has 44 valence electrons. The minimum absolute atomic E-state index is 0.542. The number of hydrogen-bond acceptors (Lipinski definition) is 3. The number of rotatable bonds is 2. The second kappa shape index (κ2) is 3.71. The van der Waals surface area contributed by atoms with Crippen LogP contribution in [0.2, 0.25) is 0 Å². The van der Waals surface area contributed by atoms with E-state index in [1.807, 2.05) is 0 Å². The topological polar surface area (TPSA) is 32.7 Å². The summed E-state index contributed by atoms with van der Waals surface area (Å²) in [5.41, 5.74) is 0. The molecule has 0 saturated carbocycles. The first-order chi connectivity index (χ1) is 3.68. The molecule has 0 amide bonds. The minimum atomic E-state index is 0.542. The van der Waals surface area contributed by atoms with Crippen LogP contribution < -0.4 is 0 Å². The Morgan fingerprint density at radius 1 is 1.75 bits per heavy atom. The van der Waals surface area contributed by atoms with Crippen LogP contribution in [0.4, 0.5) is 0 Å². The molecule has 0 aromatic carbocycles. The molecule has 0 aliphatic rings. The van der Waals surface area contributed by atoms with E-state index < -0.39 is 0 Å². The quantitative estimate of drug-likeness (QED) is 0.393. The second-order valence-electron chi connectivity index (χ2n) is 1.38. The summed E-state index contributed by atoms with van der Waals surface area (Å²) >= 11 is 2.59. The molecular weight excluding hydrogens is 144 g/mol. The van der Waals surface area contributed by atoms with Crippen LogP contribution in [0.5, 0.6) is 0 Å². The third-order valence-corrected chi connectivity index (χ3v) is 1.24. The van der Waals surface area contributed by atoms with Crippen molar-refractivity contribution in [2.75, 3.05) is 14.1 Å². The van der Waals surface area contributed by atoms with Gasteiger partial charge in [-0.3, -0.25) is 0 Å². The van der Waals surface area contributed by atoms with Crippen molar-refractivity contribution in [1.29, 1.82) is 0 Å². The van der Waals surface area contributed by atoms with Crippen molar-refractivity contribution in [1.82, 2.24) is 4.90 Å². The zero-order valence-corrected chi connectivity index (χ0v) is 5.99. The molecule has 4 heteroatoms. The monoisotopic (exact) mass is 150 g/mol. The Morgan fingerprint density at radius 3 is 2.38 bits per heavy atom. The third kappa shape index (κ3) is 2.84. The van der Waals surface area contributed by atoms with Gasteiger partial charge in [-0.25, -0.2) is 0 Å². The molecule has 0 spiro atoms. The van der Waals surface area contributed by atoms with E-state index in [1.165, 1.54) is 6.08 Å². The number of hydrogen-bond donors (Lipinski definition) is 0. The van der Waals surface area contributed by atoms with E-state index in [2.05, 4.69) is 20.8 Å². The van der Waals surface area contributed by atoms with Gasteiger partial charge in [0.05, 0.1) is 0 Å². The summed E-state index contributed by atoms with van der Waals surface area (Å²) in [5.74, 6) is 0. The third-order valence-electron chi connectivity index (χ3n) is 0.524. The van der Waals surface area contributed by atoms with Crippen LogP contribution in [-0.2, 0) is 20.6 Å². The van der Waals surface area contributed by atoms with E-state index in [-0.39, 0.29) is 0 Å². The molecule has 0 radical (unpaired) electrons. The van der Waals surface area contributed by atoms with Crippen molar-refractivity contribution in [2.45, 2.75) is 0 Å². The predicted molar refractivity (Wildman–Crippen MR) is 26.8 cm³/mol. The first kappa shape index (κ1) is 7.74. The normalized spacial score (nSPS) is 8.38. The SMILES string of the molecule is CN(C)[C](=[Cr])N=C=O. The predicted octanol–water partition coefficient (Wildman–Crippen LogP) is -0.482. The second-order valence-corrected chi connectivity index (χ2v) is 1.95. The average Bonchev–Trinajstić information content (AvgIpc) is 1.67. The van der Waals surface area contributed by atoms with Crippen LogP contribution in [0.3, 0.4) is 0 Å². The van der Waals surface area contributed by atoms with Crippen LogP contribution in [0.15, 0.2) is 4.99 Å². The Labute approximate surface area is 56.0 Å². The summed E-state index contributed by atoms with van der Waals surface area (Å²) in [6.07, 6.45) is 1.41. The molecule has 0 aromatic rings. The van der Waals surface area contributed by atoms with E-state index in [0.717, 1.165) is 0 Å². The summed E-state index contributed by atoms with van der Waals surface area (Å²) in [6, 6.07) is 0. The Kier molecular flexibility index (Phi) is 3.59. The molecule has 0 N–H and O–H groups in total. The summed E-state index contributed by atoms with van der Waals surface area (Å²) in [7, 11) is 3.57. The van der Waals surface area contributed by atoms with Gasteiger partial charge in [-0.15, -0.1) is 0 Å². The van der Waals surface area contributed by atoms with Gasteiger partial charge in [0.15, 0.2) is 0 Å². The molecule has 0 heterocycles. The van der Waals surface area contributed by atoms with Crippen LogP contribution in [0.1, 0.15) is 0 Å². The Balaban J connectivity index is 3.84. The van der Waals surface area contributed by atoms with Crippen molar-refractivity contribution >= 4 is 10.7 Å². The molecule has 0 atom stereocenters. The summed E-state index contributed by atoms with van der Waals surface area (Å²) in [6.45, 7) is 0. The van der Waals surface area contributed by atoms with Crippen molar-refractivity contribution in [2.24, 2.45) is 4.99 Å². The molecule has 0 unspecified atom stereocenters. The van der Waals surface area contributed by atoms with E-state index in [4.69, 9.17) is 0 Å². The number of aliphatic imine (C=N–C) groups is 1. The molecule has 0 aliphatic heterocycles. The summed E-state index contributed by atoms with van der Waals surface area (Å²) < 4.78 is 0.542. The van der Waals surface area contributed by atoms with E-state index >= 15 is 0 Å². The van der Waals surface area contributed by atoms with Gasteiger partial charge in [-0.05, 0) is 0 Å². The fourth-order valence-corrected chi connectivity index (χ4v) is 0.197. The Morgan fingerprint density at radius 2 is 2.25 bits per heavy atom. The van der Waals surface area contributed by atoms with Gasteiger partial charge in [-0.2, -0.15) is 0 Å². The van der Waals surface area contributed by atoms with Crippen LogP contribution >= 0.6 is 0 Å². The van der Waals surface area contributed by atoms with Gasteiger partial charge in [0.2, 0.25) is 0 Å². The first-order valence-electron chi connectivity index (χ1n) is 1.97. The molecule has 8 heavy (non-hydrogen) atoms. The van der Waals surface area contributed by atoms with E-state index in [1.54, 1.807) is 19.0 Å². The van der Waals surface area contributed by atoms with Crippen LogP contribution in [-0.4, -0.2) is 29.7 Å². The summed E-state index contributed by atoms with van der Waals surface area (Å²) in [4.78, 5) is 14.6. The molecule has 0 rings (SSSR count). The van der Waals surface area contributed by atoms with Gasteiger partial charge in [0, 0.05) is 0 Å². The number of nitrogens with zero attached hydrogens (tertiary/aromatic N) is 2. The van der Waals surface area contributed by atoms with Crippen molar-refractivity contribution in [3.05, 3.63) is 0 Å². The van der Waals surface area contributed by atoms with Gasteiger partial charge >= 0.3 is 55.3 Å². The fraction of sp³-hybridized carbons (Fsp3) is 0.500. The maximum absolute atomic E-state index is 9.56. The van der Waals surface area contributed by atoms with Crippen molar-refractivity contribution < 1.29 is 20.6 Å². The zero-order chi connectivity index (χ0) is 6.57. The van der Waals surface area contributed by atoms with E-state index in [0.29, 0.717) is 4.63 Å². The average molecular weight is 150 g/mol. The Bertz CT molecular complexity index is 137. The molecule has 0 fully saturated rings. The molecular formula is C4H6CrN2O. The zero-order valence-electron chi connectivity index (χ0n) is 4.71. The molecule has 0 bridgehead atoms. The molecule has 3 nitrogen and oxygen atoms in total. The molecule has 0 aromatic heterocycles. The maximum atomic E-state index is 9.56. The van der Waals surface area contributed by atoms with Crippen molar-refractivity contribution in [3.63, 3.8) is 0 Å². The first-order valence-corrected chi connectivity index (χ1v) is 2.61. The molecule has 0 aliphatic carbocycles. The standard InChI is InChI=1S/C4H6N2O.Cr/c1-6(2)3-5-4-7;/h1-2H3;. The van der Waals surface area contributed by atoms with Gasteiger partial charge in [0.1, 0.15) is 0 Å². The Hall–Kier alpha value is -0.258. The van der Waals surface area contributed by atoms with E-state index in [9.17, 15) is 4.79 Å². The summed E-state index contributed by atoms with van der Waals surface area (Å²) in [5, 5.41) is 0. The van der Waals surface area contributed by atoms with Gasteiger partial charge < -0.3 is 0 Å². The number of isocyanates is 1. The van der Waals surface area contributed by atoms with Crippen molar-refractivity contribution in [3.8, 4) is 0 Å². The molecule has 0 saturated heterocycles. The van der Waals surface area contributed by atoms with Crippen LogP contribution in [0, 0.1) is 0 Å². The fourth-order valence-electron chi connectivity index (χ4n) is 0.139.